The smallest absolute Gasteiger partial charge is 0.243 e. The van der Waals surface area contributed by atoms with Crippen molar-refractivity contribution in [1.29, 1.82) is 0 Å². The summed E-state index contributed by atoms with van der Waals surface area (Å²) < 4.78 is 0. The van der Waals surface area contributed by atoms with Crippen molar-refractivity contribution < 1.29 is 9.59 Å². The van der Waals surface area contributed by atoms with Crippen LogP contribution in [0.3, 0.4) is 0 Å². The Morgan fingerprint density at radius 1 is 0.917 bits per heavy atom. The molecule has 0 radical (unpaired) electrons. The third-order valence-electron chi connectivity index (χ3n) is 6.28. The number of nitrogens with one attached hydrogen (secondary N) is 1. The van der Waals surface area contributed by atoms with Gasteiger partial charge in [0.05, 0.1) is 16.5 Å². The molecule has 3 aromatic carbocycles. The quantitative estimate of drug-likeness (QED) is 0.283. The van der Waals surface area contributed by atoms with Gasteiger partial charge in [0, 0.05) is 19.5 Å². The molecule has 0 aromatic heterocycles. The van der Waals surface area contributed by atoms with Gasteiger partial charge < -0.3 is 10.2 Å². The van der Waals surface area contributed by atoms with Gasteiger partial charge >= 0.3 is 0 Å². The second-order valence-electron chi connectivity index (χ2n) is 9.23. The molecule has 0 spiro atoms. The molecule has 0 bridgehead atoms. The van der Waals surface area contributed by atoms with Crippen molar-refractivity contribution in [3.05, 3.63) is 105 Å². The predicted molar refractivity (Wildman–Crippen MR) is 148 cm³/mol. The number of nitrogens with zero attached hydrogens (tertiary/aromatic N) is 1. The minimum absolute atomic E-state index is 0.110. The van der Waals surface area contributed by atoms with Crippen molar-refractivity contribution in [3.63, 3.8) is 0 Å². The number of rotatable bonds is 11. The van der Waals surface area contributed by atoms with E-state index in [2.05, 4.69) is 12.2 Å². The summed E-state index contributed by atoms with van der Waals surface area (Å²) in [6, 6.07) is 20.6. The average Bonchev–Trinajstić information content (AvgIpc) is 2.86. The fourth-order valence-corrected chi connectivity index (χ4v) is 4.47. The molecule has 36 heavy (non-hydrogen) atoms. The Labute approximate surface area is 224 Å². The van der Waals surface area contributed by atoms with Crippen molar-refractivity contribution in [2.45, 2.75) is 59.0 Å². The van der Waals surface area contributed by atoms with Crippen LogP contribution < -0.4 is 5.32 Å². The Bertz CT molecular complexity index is 1180. The summed E-state index contributed by atoms with van der Waals surface area (Å²) in [7, 11) is 0. The molecule has 6 heteroatoms. The number of aryl methyl sites for hydroxylation is 2. The minimum atomic E-state index is -0.670. The summed E-state index contributed by atoms with van der Waals surface area (Å²) in [5.41, 5.74) is 4.92. The lowest BCUT2D eigenvalue weighted by atomic mass is 9.99. The van der Waals surface area contributed by atoms with Crippen LogP contribution in [0.2, 0.25) is 10.0 Å². The molecule has 0 aliphatic carbocycles. The highest BCUT2D eigenvalue weighted by Crippen LogP contribution is 2.25. The zero-order chi connectivity index (χ0) is 26.1. The molecule has 2 amide bonds. The summed E-state index contributed by atoms with van der Waals surface area (Å²) in [5.74, 6) is -0.261. The second kappa shape index (κ2) is 13.5. The van der Waals surface area contributed by atoms with Gasteiger partial charge in [-0.2, -0.15) is 0 Å². The number of carbonyl (C=O) groups is 2. The van der Waals surface area contributed by atoms with Crippen LogP contribution >= 0.6 is 23.2 Å². The largest absolute Gasteiger partial charge is 0.354 e. The SMILES string of the molecule is CCCCNC(=O)[C@@H](Cc1ccccc1)N(Cc1ccc(Cl)c(Cl)c1)C(=O)Cc1cc(C)ccc1C. The van der Waals surface area contributed by atoms with Crippen LogP contribution in [0.25, 0.3) is 0 Å². The topological polar surface area (TPSA) is 49.4 Å². The molecule has 0 aliphatic rings. The second-order valence-corrected chi connectivity index (χ2v) is 10.0. The summed E-state index contributed by atoms with van der Waals surface area (Å²) >= 11 is 12.4. The highest BCUT2D eigenvalue weighted by atomic mass is 35.5. The molecule has 0 fully saturated rings. The van der Waals surface area contributed by atoms with Crippen LogP contribution in [0.15, 0.2) is 66.7 Å². The highest BCUT2D eigenvalue weighted by Gasteiger charge is 2.30. The van der Waals surface area contributed by atoms with Gasteiger partial charge in [-0.1, -0.05) is 96.7 Å². The van der Waals surface area contributed by atoms with E-state index in [0.29, 0.717) is 23.0 Å². The first-order chi connectivity index (χ1) is 17.3. The van der Waals surface area contributed by atoms with E-state index < -0.39 is 6.04 Å². The first kappa shape index (κ1) is 27.8. The molecule has 3 rings (SSSR count). The molecule has 1 N–H and O–H groups in total. The minimum Gasteiger partial charge on any atom is -0.354 e. The number of carbonyl (C=O) groups excluding carboxylic acids is 2. The lowest BCUT2D eigenvalue weighted by Gasteiger charge is -2.32. The monoisotopic (exact) mass is 524 g/mol. The lowest BCUT2D eigenvalue weighted by molar-refractivity contribution is -0.140. The van der Waals surface area contributed by atoms with E-state index in [1.165, 1.54) is 0 Å². The van der Waals surface area contributed by atoms with Gasteiger partial charge in [0.15, 0.2) is 0 Å². The molecule has 0 aliphatic heterocycles. The molecule has 190 valence electrons. The molecule has 0 unspecified atom stereocenters. The maximum absolute atomic E-state index is 13.9. The van der Waals surface area contributed by atoms with Crippen LogP contribution in [-0.2, 0) is 29.0 Å². The number of hydrogen-bond acceptors (Lipinski definition) is 2. The van der Waals surface area contributed by atoms with Gasteiger partial charge in [0.25, 0.3) is 0 Å². The number of amides is 2. The van der Waals surface area contributed by atoms with Gasteiger partial charge in [-0.25, -0.2) is 0 Å². The van der Waals surface area contributed by atoms with Crippen molar-refractivity contribution >= 4 is 35.0 Å². The molecular weight excluding hydrogens is 491 g/mol. The average molecular weight is 526 g/mol. The van der Waals surface area contributed by atoms with Crippen LogP contribution in [0.1, 0.15) is 47.6 Å². The zero-order valence-electron chi connectivity index (χ0n) is 21.2. The summed E-state index contributed by atoms with van der Waals surface area (Å²) in [6.45, 7) is 6.92. The maximum atomic E-state index is 13.9. The first-order valence-corrected chi connectivity index (χ1v) is 13.1. The van der Waals surface area contributed by atoms with Crippen LogP contribution in [0.5, 0.6) is 0 Å². The standard InChI is InChI=1S/C30H34Cl2N2O2/c1-4-5-15-33-30(36)28(18-23-9-7-6-8-10-23)34(20-24-13-14-26(31)27(32)17-24)29(35)19-25-16-21(2)11-12-22(25)3/h6-14,16-17,28H,4-5,15,18-20H2,1-3H3,(H,33,36)/t28-/m1/s1. The van der Waals surface area contributed by atoms with Crippen molar-refractivity contribution in [2.75, 3.05) is 6.54 Å². The van der Waals surface area contributed by atoms with E-state index in [9.17, 15) is 9.59 Å². The lowest BCUT2D eigenvalue weighted by Crippen LogP contribution is -2.51. The first-order valence-electron chi connectivity index (χ1n) is 12.4. The number of halogens is 2. The van der Waals surface area contributed by atoms with E-state index in [4.69, 9.17) is 23.2 Å². The normalized spacial score (nSPS) is 11.7. The molecule has 4 nitrogen and oxygen atoms in total. The summed E-state index contributed by atoms with van der Waals surface area (Å²) in [6.07, 6.45) is 2.48. The Kier molecular flexibility index (Phi) is 10.4. The van der Waals surface area contributed by atoms with Crippen molar-refractivity contribution in [2.24, 2.45) is 0 Å². The van der Waals surface area contributed by atoms with Crippen LogP contribution in [0, 0.1) is 13.8 Å². The summed E-state index contributed by atoms with van der Waals surface area (Å²) in [4.78, 5) is 29.1. The van der Waals surface area contributed by atoms with E-state index in [0.717, 1.165) is 40.7 Å². The van der Waals surface area contributed by atoms with Gasteiger partial charge in [-0.15, -0.1) is 0 Å². The van der Waals surface area contributed by atoms with E-state index in [-0.39, 0.29) is 24.8 Å². The Balaban J connectivity index is 1.99. The molecule has 3 aromatic rings. The van der Waals surface area contributed by atoms with Crippen molar-refractivity contribution in [1.82, 2.24) is 10.2 Å². The Morgan fingerprint density at radius 2 is 1.67 bits per heavy atom. The number of unbranched alkanes of at least 4 members (excludes halogenated alkanes) is 1. The van der Waals surface area contributed by atoms with Gasteiger partial charge in [-0.3, -0.25) is 9.59 Å². The van der Waals surface area contributed by atoms with Gasteiger partial charge in [-0.05, 0) is 54.7 Å². The molecule has 0 heterocycles. The Hall–Kier alpha value is -2.82. The highest BCUT2D eigenvalue weighted by molar-refractivity contribution is 6.42. The van der Waals surface area contributed by atoms with Gasteiger partial charge in [0.2, 0.25) is 11.8 Å². The van der Waals surface area contributed by atoms with Gasteiger partial charge in [0.1, 0.15) is 6.04 Å². The predicted octanol–water partition coefficient (Wildman–Crippen LogP) is 6.71. The number of benzene rings is 3. The summed E-state index contributed by atoms with van der Waals surface area (Å²) in [5, 5.41) is 3.92. The molecule has 0 saturated heterocycles. The van der Waals surface area contributed by atoms with Crippen LogP contribution in [0.4, 0.5) is 0 Å². The third-order valence-corrected chi connectivity index (χ3v) is 7.02. The maximum Gasteiger partial charge on any atom is 0.243 e. The fourth-order valence-electron chi connectivity index (χ4n) is 4.15. The fraction of sp³-hybridized carbons (Fsp3) is 0.333. The Morgan fingerprint density at radius 3 is 2.36 bits per heavy atom. The van der Waals surface area contributed by atoms with E-state index in [1.54, 1.807) is 17.0 Å². The van der Waals surface area contributed by atoms with Crippen molar-refractivity contribution in [3.8, 4) is 0 Å². The molecule has 1 atom stereocenters. The number of hydrogen-bond donors (Lipinski definition) is 1. The van der Waals surface area contributed by atoms with E-state index >= 15 is 0 Å². The molecular formula is C30H34Cl2N2O2. The van der Waals surface area contributed by atoms with E-state index in [1.807, 2.05) is 68.4 Å². The zero-order valence-corrected chi connectivity index (χ0v) is 22.7. The van der Waals surface area contributed by atoms with Crippen LogP contribution in [-0.4, -0.2) is 29.3 Å². The molecule has 0 saturated carbocycles. The third kappa shape index (κ3) is 7.84.